The number of nitrogens with one attached hydrogen (secondary N) is 1. The third kappa shape index (κ3) is 2.30. The molecule has 0 aliphatic carbocycles. The van der Waals surface area contributed by atoms with Crippen LogP contribution in [-0.2, 0) is 0 Å². The number of nitrogens with zero attached hydrogens (tertiary/aromatic N) is 2. The van der Waals surface area contributed by atoms with Crippen molar-refractivity contribution in [3.63, 3.8) is 0 Å². The number of benzene rings is 1. The Hall–Kier alpha value is -2.05. The summed E-state index contributed by atoms with van der Waals surface area (Å²) < 4.78 is 0. The average molecular weight is 230 g/mol. The lowest BCUT2D eigenvalue weighted by molar-refractivity contribution is 1.26. The van der Waals surface area contributed by atoms with E-state index in [1.54, 1.807) is 30.5 Å². The fourth-order valence-corrected chi connectivity index (χ4v) is 1.41. The number of anilines is 2. The lowest BCUT2D eigenvalue weighted by atomic mass is 10.2. The maximum atomic E-state index is 8.87. The Morgan fingerprint density at radius 2 is 1.94 bits per heavy atom. The Morgan fingerprint density at radius 1 is 1.19 bits per heavy atom. The molecule has 0 radical (unpaired) electrons. The van der Waals surface area contributed by atoms with Gasteiger partial charge in [0.2, 0.25) is 0 Å². The van der Waals surface area contributed by atoms with Crippen LogP contribution < -0.4 is 5.32 Å². The second-order valence-corrected chi connectivity index (χ2v) is 3.58. The molecule has 1 aromatic heterocycles. The molecule has 0 fully saturated rings. The third-order valence-electron chi connectivity index (χ3n) is 2.04. The number of hydrogen-bond acceptors (Lipinski definition) is 3. The van der Waals surface area contributed by atoms with Crippen molar-refractivity contribution >= 4 is 23.0 Å². The van der Waals surface area contributed by atoms with Gasteiger partial charge in [-0.3, -0.25) is 0 Å². The van der Waals surface area contributed by atoms with Gasteiger partial charge in [-0.15, -0.1) is 0 Å². The Bertz CT molecular complexity index is 529. The van der Waals surface area contributed by atoms with Gasteiger partial charge in [0.15, 0.2) is 5.69 Å². The Balaban J connectivity index is 2.27. The van der Waals surface area contributed by atoms with Gasteiger partial charge in [0.1, 0.15) is 6.07 Å². The van der Waals surface area contributed by atoms with Crippen molar-refractivity contribution in [1.29, 1.82) is 5.26 Å². The zero-order chi connectivity index (χ0) is 11.4. The van der Waals surface area contributed by atoms with Crippen LogP contribution in [0.5, 0.6) is 0 Å². The van der Waals surface area contributed by atoms with Gasteiger partial charge in [-0.2, -0.15) is 5.26 Å². The normalized spacial score (nSPS) is 9.50. The Kier molecular flexibility index (Phi) is 3.04. The molecule has 0 spiro atoms. The van der Waals surface area contributed by atoms with Crippen LogP contribution in [-0.4, -0.2) is 4.98 Å². The number of rotatable bonds is 2. The van der Waals surface area contributed by atoms with E-state index in [1.165, 1.54) is 0 Å². The van der Waals surface area contributed by atoms with Gasteiger partial charge in [0.25, 0.3) is 0 Å². The molecular formula is C12H8ClN3. The van der Waals surface area contributed by atoms with Crippen LogP contribution in [0.3, 0.4) is 0 Å². The van der Waals surface area contributed by atoms with Crippen LogP contribution in [0.15, 0.2) is 42.6 Å². The summed E-state index contributed by atoms with van der Waals surface area (Å²) >= 11 is 5.78. The van der Waals surface area contributed by atoms with Gasteiger partial charge in [0.05, 0.1) is 5.69 Å². The molecule has 0 unspecified atom stereocenters. The molecule has 2 aromatic rings. The van der Waals surface area contributed by atoms with Crippen LogP contribution in [0.25, 0.3) is 0 Å². The van der Waals surface area contributed by atoms with Crippen molar-refractivity contribution in [2.75, 3.05) is 5.32 Å². The zero-order valence-corrected chi connectivity index (χ0v) is 9.07. The summed E-state index contributed by atoms with van der Waals surface area (Å²) in [6.45, 7) is 0. The zero-order valence-electron chi connectivity index (χ0n) is 8.31. The summed E-state index contributed by atoms with van der Waals surface area (Å²) in [5.74, 6) is 0. The first-order chi connectivity index (χ1) is 7.79. The van der Waals surface area contributed by atoms with E-state index < -0.39 is 0 Å². The summed E-state index contributed by atoms with van der Waals surface area (Å²) in [6.07, 6.45) is 1.59. The van der Waals surface area contributed by atoms with Crippen molar-refractivity contribution in [3.8, 4) is 6.07 Å². The number of halogens is 1. The fourth-order valence-electron chi connectivity index (χ4n) is 1.28. The summed E-state index contributed by atoms with van der Waals surface area (Å²) in [5, 5.41) is 12.7. The molecule has 0 aliphatic heterocycles. The molecule has 16 heavy (non-hydrogen) atoms. The fraction of sp³-hybridized carbons (Fsp3) is 0. The topological polar surface area (TPSA) is 48.7 Å². The molecule has 0 amide bonds. The van der Waals surface area contributed by atoms with Crippen molar-refractivity contribution in [3.05, 3.63) is 53.3 Å². The lowest BCUT2D eigenvalue weighted by Gasteiger charge is -2.06. The molecule has 1 heterocycles. The first-order valence-corrected chi connectivity index (χ1v) is 5.05. The number of aromatic nitrogens is 1. The summed E-state index contributed by atoms with van der Waals surface area (Å²) in [5.41, 5.74) is 1.93. The third-order valence-corrected chi connectivity index (χ3v) is 2.29. The maximum absolute atomic E-state index is 8.87. The van der Waals surface area contributed by atoms with Crippen molar-refractivity contribution < 1.29 is 0 Å². The predicted molar refractivity (Wildman–Crippen MR) is 63.7 cm³/mol. The molecule has 0 aliphatic rings. The van der Waals surface area contributed by atoms with Gasteiger partial charge in [-0.05, 0) is 36.4 Å². The van der Waals surface area contributed by atoms with Crippen LogP contribution >= 0.6 is 11.6 Å². The minimum atomic E-state index is 0.373. The minimum Gasteiger partial charge on any atom is -0.353 e. The molecule has 1 N–H and O–H groups in total. The van der Waals surface area contributed by atoms with Gasteiger partial charge in [0, 0.05) is 16.9 Å². The van der Waals surface area contributed by atoms with Gasteiger partial charge in [-0.25, -0.2) is 4.98 Å². The molecule has 2 rings (SSSR count). The van der Waals surface area contributed by atoms with E-state index >= 15 is 0 Å². The Labute approximate surface area is 98.3 Å². The van der Waals surface area contributed by atoms with E-state index in [9.17, 15) is 0 Å². The second-order valence-electron chi connectivity index (χ2n) is 3.14. The summed E-state index contributed by atoms with van der Waals surface area (Å²) in [6, 6.07) is 12.9. The number of hydrogen-bond donors (Lipinski definition) is 1. The van der Waals surface area contributed by atoms with Crippen molar-refractivity contribution in [2.45, 2.75) is 0 Å². The number of nitriles is 1. The van der Waals surface area contributed by atoms with Crippen LogP contribution in [0.1, 0.15) is 5.69 Å². The van der Waals surface area contributed by atoms with Crippen molar-refractivity contribution in [1.82, 2.24) is 4.98 Å². The largest absolute Gasteiger partial charge is 0.353 e. The van der Waals surface area contributed by atoms with E-state index in [2.05, 4.69) is 10.3 Å². The SMILES string of the molecule is N#Cc1ncccc1Nc1ccc(Cl)cc1. The van der Waals surface area contributed by atoms with E-state index in [-0.39, 0.29) is 0 Å². The standard InChI is InChI=1S/C12H8ClN3/c13-9-3-5-10(6-4-9)16-11-2-1-7-15-12(11)8-14/h1-7,16H. The second kappa shape index (κ2) is 4.65. The average Bonchev–Trinajstić information content (AvgIpc) is 2.33. The van der Waals surface area contributed by atoms with Crippen LogP contribution in [0, 0.1) is 11.3 Å². The Morgan fingerprint density at radius 3 is 2.62 bits per heavy atom. The number of pyridine rings is 1. The monoisotopic (exact) mass is 229 g/mol. The minimum absolute atomic E-state index is 0.373. The molecule has 0 saturated carbocycles. The highest BCUT2D eigenvalue weighted by atomic mass is 35.5. The molecule has 1 aromatic carbocycles. The highest BCUT2D eigenvalue weighted by molar-refractivity contribution is 6.30. The summed E-state index contributed by atoms with van der Waals surface area (Å²) in [7, 11) is 0. The van der Waals surface area contributed by atoms with E-state index in [1.807, 2.05) is 18.2 Å². The first kappa shape index (κ1) is 10.5. The van der Waals surface area contributed by atoms with E-state index in [0.29, 0.717) is 16.4 Å². The van der Waals surface area contributed by atoms with Gasteiger partial charge >= 0.3 is 0 Å². The first-order valence-electron chi connectivity index (χ1n) is 4.67. The molecule has 3 nitrogen and oxygen atoms in total. The predicted octanol–water partition coefficient (Wildman–Crippen LogP) is 3.35. The molecule has 0 atom stereocenters. The smallest absolute Gasteiger partial charge is 0.163 e. The highest BCUT2D eigenvalue weighted by Gasteiger charge is 2.01. The van der Waals surface area contributed by atoms with E-state index in [4.69, 9.17) is 16.9 Å². The molecule has 78 valence electrons. The molecule has 4 heteroatoms. The van der Waals surface area contributed by atoms with Crippen LogP contribution in [0.2, 0.25) is 5.02 Å². The lowest BCUT2D eigenvalue weighted by Crippen LogP contribution is -1.94. The highest BCUT2D eigenvalue weighted by Crippen LogP contribution is 2.20. The van der Waals surface area contributed by atoms with E-state index in [0.717, 1.165) is 5.69 Å². The molecule has 0 saturated heterocycles. The van der Waals surface area contributed by atoms with Gasteiger partial charge in [-0.1, -0.05) is 11.6 Å². The molecular weight excluding hydrogens is 222 g/mol. The molecule has 0 bridgehead atoms. The van der Waals surface area contributed by atoms with Crippen LogP contribution in [0.4, 0.5) is 11.4 Å². The van der Waals surface area contributed by atoms with Crippen molar-refractivity contribution in [2.24, 2.45) is 0 Å². The maximum Gasteiger partial charge on any atom is 0.163 e. The van der Waals surface area contributed by atoms with Gasteiger partial charge < -0.3 is 5.32 Å². The summed E-state index contributed by atoms with van der Waals surface area (Å²) in [4.78, 5) is 3.96. The quantitative estimate of drug-likeness (QED) is 0.859.